The zero-order chi connectivity index (χ0) is 12.0. The first-order chi connectivity index (χ1) is 7.65. The minimum Gasteiger partial charge on any atom is -0.461 e. The predicted molar refractivity (Wildman–Crippen MR) is 63.0 cm³/mol. The predicted octanol–water partition coefficient (Wildman–Crippen LogP) is 2.26. The van der Waals surface area contributed by atoms with Gasteiger partial charge < -0.3 is 10.5 Å². The summed E-state index contributed by atoms with van der Waals surface area (Å²) in [7, 11) is 0. The van der Waals surface area contributed by atoms with Gasteiger partial charge in [0.1, 0.15) is 0 Å². The molecule has 0 aromatic carbocycles. The molecule has 1 aromatic heterocycles. The number of carbonyl (C=O) groups is 1. The number of aromatic nitrogens is 1. The van der Waals surface area contributed by atoms with Crippen LogP contribution in [0.4, 0.5) is 5.69 Å². The number of ether oxygens (including phenoxy) is 1. The van der Waals surface area contributed by atoms with Crippen molar-refractivity contribution < 1.29 is 9.53 Å². The Bertz CT molecular complexity index is 353. The molecule has 2 N–H and O–H groups in total. The Morgan fingerprint density at radius 1 is 1.62 bits per heavy atom. The van der Waals surface area contributed by atoms with E-state index in [2.05, 4.69) is 18.8 Å². The lowest BCUT2D eigenvalue weighted by molar-refractivity contribution is 0.0438. The molecule has 1 aromatic rings. The molecule has 0 saturated carbocycles. The summed E-state index contributed by atoms with van der Waals surface area (Å²) >= 11 is 0. The van der Waals surface area contributed by atoms with E-state index in [1.54, 1.807) is 12.1 Å². The summed E-state index contributed by atoms with van der Waals surface area (Å²) in [5, 5.41) is 0. The number of anilines is 1. The van der Waals surface area contributed by atoms with Crippen molar-refractivity contribution in [1.82, 2.24) is 4.98 Å². The molecule has 16 heavy (non-hydrogen) atoms. The van der Waals surface area contributed by atoms with Crippen molar-refractivity contribution in [2.75, 3.05) is 12.3 Å². The number of esters is 1. The molecule has 0 bridgehead atoms. The number of nitrogen functional groups attached to an aromatic ring is 1. The van der Waals surface area contributed by atoms with Gasteiger partial charge in [0, 0.05) is 6.20 Å². The molecular weight excluding hydrogens is 204 g/mol. The van der Waals surface area contributed by atoms with Crippen LogP contribution in [0.5, 0.6) is 0 Å². The molecule has 1 rings (SSSR count). The molecule has 1 atom stereocenters. The molecular formula is C12H18N2O2. The number of carbonyl (C=O) groups excluding carboxylic acids is 1. The second-order valence-electron chi connectivity index (χ2n) is 3.93. The number of hydrogen-bond acceptors (Lipinski definition) is 4. The van der Waals surface area contributed by atoms with Crippen LogP contribution in [0, 0.1) is 5.92 Å². The van der Waals surface area contributed by atoms with Crippen molar-refractivity contribution in [3.05, 3.63) is 24.0 Å². The van der Waals surface area contributed by atoms with Crippen molar-refractivity contribution >= 4 is 11.7 Å². The minimum absolute atomic E-state index is 0.200. The van der Waals surface area contributed by atoms with Crippen LogP contribution in [-0.2, 0) is 4.74 Å². The molecule has 0 aliphatic heterocycles. The molecule has 1 heterocycles. The molecule has 4 nitrogen and oxygen atoms in total. The minimum atomic E-state index is -0.443. The zero-order valence-electron chi connectivity index (χ0n) is 9.77. The number of pyridine rings is 1. The lowest BCUT2D eigenvalue weighted by atomic mass is 10.1. The summed E-state index contributed by atoms with van der Waals surface area (Å²) in [5.74, 6) is -0.0695. The Hall–Kier alpha value is -1.58. The Labute approximate surface area is 95.8 Å². The smallest absolute Gasteiger partial charge is 0.359 e. The molecule has 0 saturated heterocycles. The van der Waals surface area contributed by atoms with Crippen molar-refractivity contribution in [3.8, 4) is 0 Å². The average molecular weight is 222 g/mol. The van der Waals surface area contributed by atoms with Gasteiger partial charge in [-0.25, -0.2) is 9.78 Å². The number of hydrogen-bond donors (Lipinski definition) is 1. The van der Waals surface area contributed by atoms with Gasteiger partial charge >= 0.3 is 5.97 Å². The van der Waals surface area contributed by atoms with E-state index < -0.39 is 5.97 Å². The van der Waals surface area contributed by atoms with Gasteiger partial charge in [-0.3, -0.25) is 0 Å². The summed E-state index contributed by atoms with van der Waals surface area (Å²) < 4.78 is 5.14. The number of nitrogens with zero attached hydrogens (tertiary/aromatic N) is 1. The highest BCUT2D eigenvalue weighted by atomic mass is 16.5. The molecule has 0 fully saturated rings. The van der Waals surface area contributed by atoms with E-state index in [-0.39, 0.29) is 5.69 Å². The Kier molecular flexibility index (Phi) is 4.76. The summed E-state index contributed by atoms with van der Waals surface area (Å²) in [6.45, 7) is 4.58. The standard InChI is InChI=1S/C12H18N2O2/c1-3-5-9(2)8-16-12(15)11-10(13)6-4-7-14-11/h4,6-7,9H,3,5,8,13H2,1-2H3. The van der Waals surface area contributed by atoms with Gasteiger partial charge in [0.05, 0.1) is 12.3 Å². The van der Waals surface area contributed by atoms with Crippen LogP contribution in [0.15, 0.2) is 18.3 Å². The highest BCUT2D eigenvalue weighted by molar-refractivity contribution is 5.92. The van der Waals surface area contributed by atoms with Gasteiger partial charge in [0.25, 0.3) is 0 Å². The monoisotopic (exact) mass is 222 g/mol. The summed E-state index contributed by atoms with van der Waals surface area (Å²) in [5.41, 5.74) is 6.18. The molecule has 0 radical (unpaired) electrons. The topological polar surface area (TPSA) is 65.2 Å². The van der Waals surface area contributed by atoms with Crippen molar-refractivity contribution in [2.24, 2.45) is 5.92 Å². The van der Waals surface area contributed by atoms with Crippen LogP contribution >= 0.6 is 0 Å². The van der Waals surface area contributed by atoms with Crippen molar-refractivity contribution in [2.45, 2.75) is 26.7 Å². The fourth-order valence-corrected chi connectivity index (χ4v) is 1.45. The Morgan fingerprint density at radius 2 is 2.38 bits per heavy atom. The van der Waals surface area contributed by atoms with Gasteiger partial charge in [-0.05, 0) is 24.5 Å². The fourth-order valence-electron chi connectivity index (χ4n) is 1.45. The molecule has 0 amide bonds. The van der Waals surface area contributed by atoms with E-state index in [1.165, 1.54) is 6.20 Å². The fraction of sp³-hybridized carbons (Fsp3) is 0.500. The third-order valence-corrected chi connectivity index (χ3v) is 2.31. The first kappa shape index (κ1) is 12.5. The van der Waals surface area contributed by atoms with Crippen molar-refractivity contribution in [3.63, 3.8) is 0 Å². The molecule has 0 aliphatic rings. The molecule has 88 valence electrons. The largest absolute Gasteiger partial charge is 0.461 e. The van der Waals surface area contributed by atoms with Crippen LogP contribution in [-0.4, -0.2) is 17.6 Å². The number of rotatable bonds is 5. The SMILES string of the molecule is CCCC(C)COC(=O)c1ncccc1N. The van der Waals surface area contributed by atoms with Crippen LogP contribution in [0.25, 0.3) is 0 Å². The summed E-state index contributed by atoms with van der Waals surface area (Å²) in [6, 6.07) is 3.32. The summed E-state index contributed by atoms with van der Waals surface area (Å²) in [6.07, 6.45) is 3.66. The molecule has 0 aliphatic carbocycles. The van der Waals surface area contributed by atoms with Gasteiger partial charge in [0.2, 0.25) is 0 Å². The highest BCUT2D eigenvalue weighted by Crippen LogP contribution is 2.11. The quantitative estimate of drug-likeness (QED) is 0.776. The second kappa shape index (κ2) is 6.10. The van der Waals surface area contributed by atoms with Crippen LogP contribution < -0.4 is 5.73 Å². The normalized spacial score (nSPS) is 12.1. The second-order valence-corrected chi connectivity index (χ2v) is 3.93. The van der Waals surface area contributed by atoms with Gasteiger partial charge in [-0.15, -0.1) is 0 Å². The Balaban J connectivity index is 2.50. The lowest BCUT2D eigenvalue weighted by Crippen LogP contribution is -2.14. The first-order valence-electron chi connectivity index (χ1n) is 5.52. The first-order valence-corrected chi connectivity index (χ1v) is 5.52. The molecule has 0 spiro atoms. The van der Waals surface area contributed by atoms with Gasteiger partial charge in [-0.1, -0.05) is 20.3 Å². The van der Waals surface area contributed by atoms with E-state index in [0.717, 1.165) is 12.8 Å². The average Bonchev–Trinajstić information content (AvgIpc) is 2.27. The number of nitrogens with two attached hydrogens (primary N) is 1. The maximum Gasteiger partial charge on any atom is 0.359 e. The third-order valence-electron chi connectivity index (χ3n) is 2.31. The third kappa shape index (κ3) is 3.53. The van der Waals surface area contributed by atoms with Crippen LogP contribution in [0.2, 0.25) is 0 Å². The highest BCUT2D eigenvalue weighted by Gasteiger charge is 2.13. The van der Waals surface area contributed by atoms with E-state index in [9.17, 15) is 4.79 Å². The van der Waals surface area contributed by atoms with Gasteiger partial charge in [0.15, 0.2) is 5.69 Å². The maximum atomic E-state index is 11.6. The summed E-state index contributed by atoms with van der Waals surface area (Å²) in [4.78, 5) is 15.5. The maximum absolute atomic E-state index is 11.6. The van der Waals surface area contributed by atoms with Crippen molar-refractivity contribution in [1.29, 1.82) is 0 Å². The van der Waals surface area contributed by atoms with Crippen LogP contribution in [0.3, 0.4) is 0 Å². The molecule has 4 heteroatoms. The van der Waals surface area contributed by atoms with E-state index in [1.807, 2.05) is 0 Å². The molecule has 1 unspecified atom stereocenters. The van der Waals surface area contributed by atoms with E-state index in [4.69, 9.17) is 10.5 Å². The van der Waals surface area contributed by atoms with Crippen LogP contribution in [0.1, 0.15) is 37.2 Å². The van der Waals surface area contributed by atoms with E-state index >= 15 is 0 Å². The Morgan fingerprint density at radius 3 is 3.00 bits per heavy atom. The lowest BCUT2D eigenvalue weighted by Gasteiger charge is -2.11. The zero-order valence-corrected chi connectivity index (χ0v) is 9.77. The van der Waals surface area contributed by atoms with E-state index in [0.29, 0.717) is 18.2 Å². The van der Waals surface area contributed by atoms with Gasteiger partial charge in [-0.2, -0.15) is 0 Å².